The van der Waals surface area contributed by atoms with Crippen molar-refractivity contribution in [1.82, 2.24) is 9.97 Å². The maximum Gasteiger partial charge on any atom is 0.0795 e. The molecule has 0 unspecified atom stereocenters. The van der Waals surface area contributed by atoms with Gasteiger partial charge in [0.2, 0.25) is 0 Å². The molecule has 0 amide bonds. The molecule has 0 aliphatic rings. The summed E-state index contributed by atoms with van der Waals surface area (Å²) in [6.07, 6.45) is 3.33. The number of nitrogens with two attached hydrogens (primary N) is 1. The van der Waals surface area contributed by atoms with Gasteiger partial charge in [0.05, 0.1) is 39.8 Å². The van der Waals surface area contributed by atoms with Crippen molar-refractivity contribution in [1.29, 1.82) is 0 Å². The predicted octanol–water partition coefficient (Wildman–Crippen LogP) is 2.49. The van der Waals surface area contributed by atoms with Crippen molar-refractivity contribution in [3.05, 3.63) is 33.5 Å². The molecule has 0 aromatic carbocycles. The first-order valence-electron chi connectivity index (χ1n) is 4.27. The molecule has 0 saturated heterocycles. The van der Waals surface area contributed by atoms with Crippen LogP contribution in [0.2, 0.25) is 0 Å². The van der Waals surface area contributed by atoms with E-state index in [-0.39, 0.29) is 0 Å². The van der Waals surface area contributed by atoms with Crippen LogP contribution in [0, 0.1) is 0 Å². The molecule has 0 aliphatic carbocycles. The Balaban J connectivity index is 2.11. The highest BCUT2D eigenvalue weighted by Gasteiger charge is 2.04. The van der Waals surface area contributed by atoms with Gasteiger partial charge >= 0.3 is 0 Å². The summed E-state index contributed by atoms with van der Waals surface area (Å²) in [6.45, 7) is 0.663. The molecule has 6 heteroatoms. The predicted molar refractivity (Wildman–Crippen MR) is 65.8 cm³/mol. The van der Waals surface area contributed by atoms with Crippen LogP contribution in [-0.4, -0.2) is 9.97 Å². The Morgan fingerprint density at radius 2 is 2.33 bits per heavy atom. The first kappa shape index (κ1) is 10.4. The highest BCUT2D eigenvalue weighted by Crippen LogP contribution is 2.27. The number of hydrogen-bond acceptors (Lipinski definition) is 5. The molecule has 0 spiro atoms. The third-order valence-electron chi connectivity index (χ3n) is 1.86. The molecule has 0 radical (unpaired) electrons. The Morgan fingerprint density at radius 1 is 1.47 bits per heavy atom. The average molecular weight is 285 g/mol. The Hall–Kier alpha value is -1.14. The van der Waals surface area contributed by atoms with Crippen LogP contribution >= 0.6 is 27.3 Å². The second-order valence-corrected chi connectivity index (χ2v) is 4.49. The zero-order valence-electron chi connectivity index (χ0n) is 7.77. The zero-order chi connectivity index (χ0) is 10.7. The smallest absolute Gasteiger partial charge is 0.0795 e. The second-order valence-electron chi connectivity index (χ2n) is 2.92. The normalized spacial score (nSPS) is 10.2. The molecule has 0 bridgehead atoms. The molecule has 2 aromatic heterocycles. The number of pyridine rings is 1. The molecule has 2 aromatic rings. The maximum atomic E-state index is 5.79. The van der Waals surface area contributed by atoms with Gasteiger partial charge in [-0.1, -0.05) is 0 Å². The van der Waals surface area contributed by atoms with Gasteiger partial charge in [0, 0.05) is 11.6 Å². The summed E-state index contributed by atoms with van der Waals surface area (Å²) in [5.74, 6) is 0. The van der Waals surface area contributed by atoms with Crippen LogP contribution in [0.3, 0.4) is 0 Å². The molecule has 2 heterocycles. The number of anilines is 2. The molecule has 15 heavy (non-hydrogen) atoms. The summed E-state index contributed by atoms with van der Waals surface area (Å²) in [7, 11) is 0. The fourth-order valence-corrected chi connectivity index (χ4v) is 2.19. The lowest BCUT2D eigenvalue weighted by atomic mass is 10.3. The highest BCUT2D eigenvalue weighted by atomic mass is 79.9. The van der Waals surface area contributed by atoms with E-state index in [0.29, 0.717) is 12.2 Å². The largest absolute Gasteiger partial charge is 0.396 e. The summed E-state index contributed by atoms with van der Waals surface area (Å²) < 4.78 is 0.859. The second kappa shape index (κ2) is 4.59. The lowest BCUT2D eigenvalue weighted by Crippen LogP contribution is -2.03. The van der Waals surface area contributed by atoms with Gasteiger partial charge in [0.1, 0.15) is 0 Å². The highest BCUT2D eigenvalue weighted by molar-refractivity contribution is 9.10. The van der Waals surface area contributed by atoms with Gasteiger partial charge in [-0.2, -0.15) is 0 Å². The topological polar surface area (TPSA) is 63.8 Å². The summed E-state index contributed by atoms with van der Waals surface area (Å²) >= 11 is 4.97. The zero-order valence-corrected chi connectivity index (χ0v) is 10.2. The van der Waals surface area contributed by atoms with E-state index < -0.39 is 0 Å². The van der Waals surface area contributed by atoms with Gasteiger partial charge in [-0.25, -0.2) is 4.98 Å². The third kappa shape index (κ3) is 2.45. The Labute approximate surface area is 99.7 Å². The number of halogens is 1. The van der Waals surface area contributed by atoms with Crippen molar-refractivity contribution in [3.63, 3.8) is 0 Å². The molecule has 78 valence electrons. The van der Waals surface area contributed by atoms with Crippen molar-refractivity contribution >= 4 is 38.6 Å². The first-order chi connectivity index (χ1) is 7.27. The summed E-state index contributed by atoms with van der Waals surface area (Å²) in [5, 5.41) is 5.21. The molecule has 2 rings (SSSR count). The summed E-state index contributed by atoms with van der Waals surface area (Å²) in [5.41, 5.74) is 10.1. The van der Waals surface area contributed by atoms with Crippen LogP contribution < -0.4 is 11.1 Å². The van der Waals surface area contributed by atoms with Crippen LogP contribution in [0.15, 0.2) is 27.8 Å². The van der Waals surface area contributed by atoms with E-state index in [1.807, 2.05) is 10.9 Å². The number of nitrogens with one attached hydrogen (secondary N) is 1. The Morgan fingerprint density at radius 3 is 3.00 bits per heavy atom. The molecular weight excluding hydrogens is 276 g/mol. The quantitative estimate of drug-likeness (QED) is 0.909. The molecule has 4 nitrogen and oxygen atoms in total. The number of aromatic nitrogens is 2. The SMILES string of the molecule is Nc1cncc(Br)c1NCc1cscn1. The van der Waals surface area contributed by atoms with Gasteiger partial charge in [-0.05, 0) is 15.9 Å². The lowest BCUT2D eigenvalue weighted by molar-refractivity contribution is 1.07. The molecule has 0 atom stereocenters. The standard InChI is InChI=1S/C9H9BrN4S/c10-7-2-12-3-8(11)9(7)13-1-6-4-15-5-14-6/h2-5H,1,11H2,(H,12,13). The average Bonchev–Trinajstić information content (AvgIpc) is 2.70. The molecular formula is C9H9BrN4S. The number of rotatable bonds is 3. The van der Waals surface area contributed by atoms with E-state index in [2.05, 4.69) is 31.2 Å². The third-order valence-corrected chi connectivity index (χ3v) is 3.10. The van der Waals surface area contributed by atoms with Gasteiger partial charge in [0.25, 0.3) is 0 Å². The number of nitrogen functional groups attached to an aromatic ring is 1. The van der Waals surface area contributed by atoms with Crippen LogP contribution in [-0.2, 0) is 6.54 Å². The van der Waals surface area contributed by atoms with Gasteiger partial charge < -0.3 is 11.1 Å². The number of thiazole rings is 1. The van der Waals surface area contributed by atoms with E-state index in [1.54, 1.807) is 23.7 Å². The van der Waals surface area contributed by atoms with Crippen LogP contribution in [0.1, 0.15) is 5.69 Å². The monoisotopic (exact) mass is 284 g/mol. The van der Waals surface area contributed by atoms with E-state index in [0.717, 1.165) is 15.9 Å². The first-order valence-corrected chi connectivity index (χ1v) is 6.01. The fraction of sp³-hybridized carbons (Fsp3) is 0.111. The molecule has 0 saturated carbocycles. The Bertz CT molecular complexity index is 423. The van der Waals surface area contributed by atoms with Gasteiger partial charge in [-0.15, -0.1) is 11.3 Å². The van der Waals surface area contributed by atoms with Crippen LogP contribution in [0.25, 0.3) is 0 Å². The van der Waals surface area contributed by atoms with Crippen molar-refractivity contribution in [2.24, 2.45) is 0 Å². The van der Waals surface area contributed by atoms with Gasteiger partial charge in [0.15, 0.2) is 0 Å². The van der Waals surface area contributed by atoms with E-state index in [4.69, 9.17) is 5.73 Å². The fourth-order valence-electron chi connectivity index (χ4n) is 1.14. The van der Waals surface area contributed by atoms with Crippen molar-refractivity contribution < 1.29 is 0 Å². The van der Waals surface area contributed by atoms with Gasteiger partial charge in [-0.3, -0.25) is 4.98 Å². The van der Waals surface area contributed by atoms with E-state index in [9.17, 15) is 0 Å². The van der Waals surface area contributed by atoms with E-state index in [1.165, 1.54) is 0 Å². The number of nitrogens with zero attached hydrogens (tertiary/aromatic N) is 2. The number of hydrogen-bond donors (Lipinski definition) is 2. The summed E-state index contributed by atoms with van der Waals surface area (Å²) in [4.78, 5) is 8.14. The van der Waals surface area contributed by atoms with Crippen molar-refractivity contribution in [3.8, 4) is 0 Å². The van der Waals surface area contributed by atoms with Crippen LogP contribution in [0.5, 0.6) is 0 Å². The van der Waals surface area contributed by atoms with E-state index >= 15 is 0 Å². The Kier molecular flexibility index (Phi) is 3.17. The summed E-state index contributed by atoms with van der Waals surface area (Å²) in [6, 6.07) is 0. The van der Waals surface area contributed by atoms with Crippen LogP contribution in [0.4, 0.5) is 11.4 Å². The minimum absolute atomic E-state index is 0.625. The minimum Gasteiger partial charge on any atom is -0.396 e. The maximum absolute atomic E-state index is 5.79. The molecule has 0 fully saturated rings. The molecule has 0 aliphatic heterocycles. The van der Waals surface area contributed by atoms with Crippen molar-refractivity contribution in [2.45, 2.75) is 6.54 Å². The lowest BCUT2D eigenvalue weighted by Gasteiger charge is -2.09. The van der Waals surface area contributed by atoms with Crippen molar-refractivity contribution in [2.75, 3.05) is 11.1 Å². The molecule has 3 N–H and O–H groups in total. The minimum atomic E-state index is 0.625.